The molecule has 3 rings (SSSR count). The zero-order chi connectivity index (χ0) is 17.3. The highest BCUT2D eigenvalue weighted by Gasteiger charge is 2.34. The van der Waals surface area contributed by atoms with Crippen LogP contribution in [-0.2, 0) is 4.74 Å². The van der Waals surface area contributed by atoms with E-state index in [9.17, 15) is 9.59 Å². The number of nitrogens with zero attached hydrogens (tertiary/aromatic N) is 1. The van der Waals surface area contributed by atoms with E-state index in [0.29, 0.717) is 12.0 Å². The predicted molar refractivity (Wildman–Crippen MR) is 94.5 cm³/mol. The minimum absolute atomic E-state index is 0.138. The van der Waals surface area contributed by atoms with Gasteiger partial charge in [0, 0.05) is 34.9 Å². The van der Waals surface area contributed by atoms with Crippen LogP contribution in [0.4, 0.5) is 0 Å². The van der Waals surface area contributed by atoms with Gasteiger partial charge in [0.05, 0.1) is 6.10 Å². The second-order valence-electron chi connectivity index (χ2n) is 6.13. The van der Waals surface area contributed by atoms with Gasteiger partial charge in [0.25, 0.3) is 5.56 Å². The first-order valence-corrected chi connectivity index (χ1v) is 8.85. The van der Waals surface area contributed by atoms with E-state index in [-0.39, 0.29) is 17.7 Å². The normalized spacial score (nSPS) is 23.5. The van der Waals surface area contributed by atoms with Crippen molar-refractivity contribution in [2.45, 2.75) is 43.5 Å². The quantitative estimate of drug-likeness (QED) is 0.819. The zero-order valence-electron chi connectivity index (χ0n) is 13.7. The molecule has 2 aromatic rings. The lowest BCUT2D eigenvalue weighted by molar-refractivity contribution is 0.00814. The highest BCUT2D eigenvalue weighted by molar-refractivity contribution is 7.99. The van der Waals surface area contributed by atoms with E-state index in [1.165, 1.54) is 16.3 Å². The molecule has 0 aliphatic carbocycles. The number of aromatic amines is 1. The molecule has 24 heavy (non-hydrogen) atoms. The number of aromatic nitrogens is 2. The van der Waals surface area contributed by atoms with Crippen LogP contribution in [0.15, 0.2) is 44.9 Å². The van der Waals surface area contributed by atoms with Crippen molar-refractivity contribution in [1.29, 1.82) is 0 Å². The summed E-state index contributed by atoms with van der Waals surface area (Å²) in [5.41, 5.74) is 7.05. The fourth-order valence-corrected chi connectivity index (χ4v) is 3.71. The van der Waals surface area contributed by atoms with E-state index in [2.05, 4.69) is 36.2 Å². The third-order valence-corrected chi connectivity index (χ3v) is 5.28. The molecule has 0 unspecified atom stereocenters. The number of rotatable bonds is 4. The molecule has 0 saturated carbocycles. The van der Waals surface area contributed by atoms with Gasteiger partial charge in [-0.05, 0) is 26.0 Å². The van der Waals surface area contributed by atoms with Crippen LogP contribution in [0, 0.1) is 13.8 Å². The lowest BCUT2D eigenvalue weighted by Gasteiger charge is -2.16. The van der Waals surface area contributed by atoms with Gasteiger partial charge >= 0.3 is 5.69 Å². The number of aryl methyl sites for hydroxylation is 2. The molecule has 3 atom stereocenters. The average molecular weight is 347 g/mol. The van der Waals surface area contributed by atoms with Crippen LogP contribution in [-0.4, -0.2) is 27.4 Å². The Bertz CT molecular complexity index is 828. The van der Waals surface area contributed by atoms with Gasteiger partial charge in [-0.25, -0.2) is 4.79 Å². The van der Waals surface area contributed by atoms with E-state index < -0.39 is 11.9 Å². The number of benzene rings is 1. The average Bonchev–Trinajstić information content (AvgIpc) is 2.91. The van der Waals surface area contributed by atoms with Gasteiger partial charge in [0.15, 0.2) is 0 Å². The van der Waals surface area contributed by atoms with Gasteiger partial charge in [-0.1, -0.05) is 17.7 Å². The predicted octanol–water partition coefficient (Wildman–Crippen LogP) is 1.56. The molecule has 1 aromatic carbocycles. The summed E-state index contributed by atoms with van der Waals surface area (Å²) in [6.45, 7) is 3.72. The topological polar surface area (TPSA) is 90.1 Å². The number of thioether (sulfide) groups is 1. The molecule has 1 aliphatic rings. The molecule has 2 heterocycles. The minimum Gasteiger partial charge on any atom is -0.352 e. The Morgan fingerprint density at radius 2 is 2.00 bits per heavy atom. The summed E-state index contributed by atoms with van der Waals surface area (Å²) in [5.74, 6) is 0.720. The molecule has 1 aromatic heterocycles. The van der Waals surface area contributed by atoms with Crippen molar-refractivity contribution >= 4 is 11.8 Å². The fourth-order valence-electron chi connectivity index (χ4n) is 2.70. The van der Waals surface area contributed by atoms with E-state index in [4.69, 9.17) is 10.5 Å². The third kappa shape index (κ3) is 3.63. The standard InChI is InChI=1S/C17H21N3O3S/c1-10-3-5-12(6-4-10)24-9-14-13(18)7-15(23-14)20-8-11(2)16(21)19-17(20)22/h3-6,8,13-15H,7,9,18H2,1-2H3,(H,19,21,22)/t13-,14+,15+/m0/s1. The van der Waals surface area contributed by atoms with Crippen molar-refractivity contribution in [3.8, 4) is 0 Å². The molecular weight excluding hydrogens is 326 g/mol. The molecule has 128 valence electrons. The fraction of sp³-hybridized carbons (Fsp3) is 0.412. The van der Waals surface area contributed by atoms with Crippen LogP contribution in [0.25, 0.3) is 0 Å². The maximum atomic E-state index is 12.0. The highest BCUT2D eigenvalue weighted by atomic mass is 32.2. The molecule has 7 heteroatoms. The Hall–Kier alpha value is -1.83. The maximum absolute atomic E-state index is 12.0. The van der Waals surface area contributed by atoms with Gasteiger partial charge in [-0.15, -0.1) is 11.8 Å². The second-order valence-corrected chi connectivity index (χ2v) is 7.22. The molecule has 1 aliphatic heterocycles. The summed E-state index contributed by atoms with van der Waals surface area (Å²) < 4.78 is 7.40. The van der Waals surface area contributed by atoms with Gasteiger partial charge in [-0.3, -0.25) is 14.3 Å². The number of nitrogens with two attached hydrogens (primary N) is 1. The Labute approximate surface area is 144 Å². The molecule has 6 nitrogen and oxygen atoms in total. The SMILES string of the molecule is Cc1ccc(SC[C@H]2O[C@@H](n3cc(C)c(=O)[nH]c3=O)C[C@@H]2N)cc1. The highest BCUT2D eigenvalue weighted by Crippen LogP contribution is 2.30. The van der Waals surface area contributed by atoms with E-state index in [1.54, 1.807) is 18.7 Å². The Morgan fingerprint density at radius 1 is 1.29 bits per heavy atom. The molecular formula is C17H21N3O3S. The van der Waals surface area contributed by atoms with Crippen LogP contribution >= 0.6 is 11.8 Å². The summed E-state index contributed by atoms with van der Waals surface area (Å²) >= 11 is 1.69. The number of hydrogen-bond donors (Lipinski definition) is 2. The summed E-state index contributed by atoms with van der Waals surface area (Å²) in [6, 6.07) is 8.15. The number of ether oxygens (including phenoxy) is 1. The summed E-state index contributed by atoms with van der Waals surface area (Å²) in [7, 11) is 0. The van der Waals surface area contributed by atoms with Crippen molar-refractivity contribution in [3.05, 3.63) is 62.4 Å². The Balaban J connectivity index is 1.68. The van der Waals surface area contributed by atoms with Crippen LogP contribution in [0.3, 0.4) is 0 Å². The maximum Gasteiger partial charge on any atom is 0.330 e. The first-order valence-electron chi connectivity index (χ1n) is 7.86. The van der Waals surface area contributed by atoms with Gasteiger partial charge < -0.3 is 10.5 Å². The number of nitrogens with one attached hydrogen (secondary N) is 1. The molecule has 0 spiro atoms. The number of H-pyrrole nitrogens is 1. The zero-order valence-corrected chi connectivity index (χ0v) is 14.5. The van der Waals surface area contributed by atoms with Crippen molar-refractivity contribution < 1.29 is 4.74 Å². The van der Waals surface area contributed by atoms with E-state index >= 15 is 0 Å². The second kappa shape index (κ2) is 6.96. The van der Waals surface area contributed by atoms with Crippen molar-refractivity contribution in [2.24, 2.45) is 5.73 Å². The molecule has 1 fully saturated rings. The lowest BCUT2D eigenvalue weighted by atomic mass is 10.1. The first kappa shape index (κ1) is 17.0. The smallest absolute Gasteiger partial charge is 0.330 e. The molecule has 0 amide bonds. The molecule has 0 radical (unpaired) electrons. The van der Waals surface area contributed by atoms with E-state index in [1.807, 2.05) is 0 Å². The van der Waals surface area contributed by atoms with Gasteiger partial charge in [0.2, 0.25) is 0 Å². The van der Waals surface area contributed by atoms with Crippen molar-refractivity contribution in [2.75, 3.05) is 5.75 Å². The Kier molecular flexibility index (Phi) is 4.93. The summed E-state index contributed by atoms with van der Waals surface area (Å²) in [5, 5.41) is 0. The number of hydrogen-bond acceptors (Lipinski definition) is 5. The lowest BCUT2D eigenvalue weighted by Crippen LogP contribution is -2.33. The Morgan fingerprint density at radius 3 is 2.71 bits per heavy atom. The van der Waals surface area contributed by atoms with Crippen molar-refractivity contribution in [3.63, 3.8) is 0 Å². The third-order valence-electron chi connectivity index (χ3n) is 4.17. The van der Waals surface area contributed by atoms with E-state index in [0.717, 1.165) is 10.6 Å². The molecule has 3 N–H and O–H groups in total. The van der Waals surface area contributed by atoms with Gasteiger partial charge in [-0.2, -0.15) is 0 Å². The van der Waals surface area contributed by atoms with Crippen LogP contribution < -0.4 is 17.0 Å². The molecule has 1 saturated heterocycles. The summed E-state index contributed by atoms with van der Waals surface area (Å²) in [6.07, 6.45) is 1.51. The monoisotopic (exact) mass is 347 g/mol. The van der Waals surface area contributed by atoms with Gasteiger partial charge in [0.1, 0.15) is 6.23 Å². The minimum atomic E-state index is -0.463. The van der Waals surface area contributed by atoms with Crippen molar-refractivity contribution in [1.82, 2.24) is 9.55 Å². The van der Waals surface area contributed by atoms with Crippen LogP contribution in [0.2, 0.25) is 0 Å². The van der Waals surface area contributed by atoms with Crippen LogP contribution in [0.5, 0.6) is 0 Å². The molecule has 0 bridgehead atoms. The van der Waals surface area contributed by atoms with Crippen LogP contribution in [0.1, 0.15) is 23.8 Å². The largest absolute Gasteiger partial charge is 0.352 e. The first-order chi connectivity index (χ1) is 11.4. The summed E-state index contributed by atoms with van der Waals surface area (Å²) in [4.78, 5) is 26.9.